The number of amides is 4. The number of fused-ring (bicyclic) bond motifs is 2. The summed E-state index contributed by atoms with van der Waals surface area (Å²) >= 11 is 0. The van der Waals surface area contributed by atoms with Crippen molar-refractivity contribution in [2.24, 2.45) is 5.92 Å². The van der Waals surface area contributed by atoms with E-state index >= 15 is 0 Å². The Balaban J connectivity index is 1.40. The predicted molar refractivity (Wildman–Crippen MR) is 93.9 cm³/mol. The number of nitrogens with zero attached hydrogens (tertiary/aromatic N) is 2. The van der Waals surface area contributed by atoms with Crippen LogP contribution in [0.5, 0.6) is 0 Å². The lowest BCUT2D eigenvalue weighted by molar-refractivity contribution is -0.102. The first-order chi connectivity index (χ1) is 13.0. The maximum Gasteiger partial charge on any atom is 0.285 e. The van der Waals surface area contributed by atoms with Gasteiger partial charge in [-0.1, -0.05) is 31.2 Å². The molecule has 2 heterocycles. The SMILES string of the molecule is CC(CON1C(=O)c2ccccc2C1=O)CN1C(=O)c2ccccc2C1=O. The van der Waals surface area contributed by atoms with E-state index < -0.39 is 11.8 Å². The zero-order chi connectivity index (χ0) is 19.1. The topological polar surface area (TPSA) is 84.0 Å². The molecule has 7 heteroatoms. The van der Waals surface area contributed by atoms with Crippen LogP contribution in [0.15, 0.2) is 48.5 Å². The molecule has 0 saturated carbocycles. The minimum Gasteiger partial charge on any atom is -0.274 e. The van der Waals surface area contributed by atoms with E-state index in [9.17, 15) is 19.2 Å². The van der Waals surface area contributed by atoms with Crippen molar-refractivity contribution in [3.63, 3.8) is 0 Å². The number of hydroxylamine groups is 2. The molecule has 2 aromatic carbocycles. The van der Waals surface area contributed by atoms with E-state index in [1.54, 1.807) is 55.5 Å². The first kappa shape index (κ1) is 17.1. The highest BCUT2D eigenvalue weighted by atomic mass is 16.7. The van der Waals surface area contributed by atoms with E-state index in [1.807, 2.05) is 0 Å². The molecule has 0 saturated heterocycles. The molecular formula is C20H16N2O5. The summed E-state index contributed by atoms with van der Waals surface area (Å²) in [5.41, 5.74) is 1.37. The molecule has 0 bridgehead atoms. The van der Waals surface area contributed by atoms with Crippen molar-refractivity contribution in [3.05, 3.63) is 70.8 Å². The van der Waals surface area contributed by atoms with E-state index in [0.29, 0.717) is 22.3 Å². The number of imide groups is 2. The Hall–Kier alpha value is -3.32. The summed E-state index contributed by atoms with van der Waals surface area (Å²) in [6, 6.07) is 13.2. The van der Waals surface area contributed by atoms with Gasteiger partial charge >= 0.3 is 0 Å². The van der Waals surface area contributed by atoms with Gasteiger partial charge in [-0.3, -0.25) is 28.9 Å². The largest absolute Gasteiger partial charge is 0.285 e. The first-order valence-electron chi connectivity index (χ1n) is 8.55. The molecule has 0 aromatic heterocycles. The Kier molecular flexibility index (Phi) is 4.08. The number of carbonyl (C=O) groups excluding carboxylic acids is 4. The van der Waals surface area contributed by atoms with Gasteiger partial charge in [0.25, 0.3) is 23.6 Å². The third-order valence-electron chi connectivity index (χ3n) is 4.62. The Bertz CT molecular complexity index is 914. The highest BCUT2D eigenvalue weighted by Crippen LogP contribution is 2.25. The Morgan fingerprint density at radius 3 is 1.59 bits per heavy atom. The van der Waals surface area contributed by atoms with Crippen LogP contribution in [0, 0.1) is 5.92 Å². The van der Waals surface area contributed by atoms with E-state index in [-0.39, 0.29) is 30.9 Å². The summed E-state index contributed by atoms with van der Waals surface area (Å²) in [6.45, 7) is 1.93. The molecule has 1 unspecified atom stereocenters. The second kappa shape index (κ2) is 6.44. The van der Waals surface area contributed by atoms with Gasteiger partial charge in [-0.05, 0) is 24.3 Å². The van der Waals surface area contributed by atoms with Crippen molar-refractivity contribution in [2.45, 2.75) is 6.92 Å². The van der Waals surface area contributed by atoms with Crippen molar-refractivity contribution in [2.75, 3.05) is 13.2 Å². The first-order valence-corrected chi connectivity index (χ1v) is 8.55. The molecule has 1 atom stereocenters. The van der Waals surface area contributed by atoms with E-state index in [2.05, 4.69) is 0 Å². The van der Waals surface area contributed by atoms with Gasteiger partial charge in [-0.25, -0.2) is 0 Å². The normalized spacial score (nSPS) is 16.8. The standard InChI is InChI=1S/C20H16N2O5/c1-12(10-21-17(23)13-6-2-3-7-14(13)18(21)24)11-27-22-19(25)15-8-4-5-9-16(15)20(22)26/h2-9,12H,10-11H2,1H3. The maximum absolute atomic E-state index is 12.4. The molecule has 0 spiro atoms. The quantitative estimate of drug-likeness (QED) is 0.759. The summed E-state index contributed by atoms with van der Waals surface area (Å²) in [5, 5.41) is 0.740. The van der Waals surface area contributed by atoms with Crippen LogP contribution in [0.3, 0.4) is 0 Å². The molecule has 0 radical (unpaired) electrons. The number of hydrogen-bond acceptors (Lipinski definition) is 5. The Labute approximate surface area is 155 Å². The zero-order valence-electron chi connectivity index (χ0n) is 14.5. The van der Waals surface area contributed by atoms with Crippen LogP contribution in [-0.2, 0) is 4.84 Å². The van der Waals surface area contributed by atoms with Crippen LogP contribution in [0.25, 0.3) is 0 Å². The fourth-order valence-corrected chi connectivity index (χ4v) is 3.26. The second-order valence-corrected chi connectivity index (χ2v) is 6.62. The lowest BCUT2D eigenvalue weighted by atomic mass is 10.1. The zero-order valence-corrected chi connectivity index (χ0v) is 14.5. The average molecular weight is 364 g/mol. The van der Waals surface area contributed by atoms with Gasteiger partial charge in [0, 0.05) is 12.5 Å². The van der Waals surface area contributed by atoms with Crippen LogP contribution in [0.2, 0.25) is 0 Å². The summed E-state index contributed by atoms with van der Waals surface area (Å²) in [5.74, 6) is -1.98. The van der Waals surface area contributed by atoms with Gasteiger partial charge in [-0.15, -0.1) is 5.06 Å². The van der Waals surface area contributed by atoms with Crippen molar-refractivity contribution in [1.29, 1.82) is 0 Å². The molecule has 0 N–H and O–H groups in total. The molecule has 0 aliphatic carbocycles. The highest BCUT2D eigenvalue weighted by molar-refractivity contribution is 6.21. The summed E-state index contributed by atoms with van der Waals surface area (Å²) in [6.07, 6.45) is 0. The van der Waals surface area contributed by atoms with Gasteiger partial charge in [-0.2, -0.15) is 0 Å². The van der Waals surface area contributed by atoms with E-state index in [4.69, 9.17) is 4.84 Å². The van der Waals surface area contributed by atoms with Gasteiger partial charge in [0.2, 0.25) is 0 Å². The molecular weight excluding hydrogens is 348 g/mol. The third kappa shape index (κ3) is 2.72. The number of benzene rings is 2. The summed E-state index contributed by atoms with van der Waals surface area (Å²) in [4.78, 5) is 55.9. The van der Waals surface area contributed by atoms with Crippen molar-refractivity contribution in [1.82, 2.24) is 9.96 Å². The van der Waals surface area contributed by atoms with Gasteiger partial charge in [0.05, 0.1) is 28.9 Å². The Morgan fingerprint density at radius 1 is 0.741 bits per heavy atom. The maximum atomic E-state index is 12.4. The summed E-state index contributed by atoms with van der Waals surface area (Å²) < 4.78 is 0. The smallest absolute Gasteiger partial charge is 0.274 e. The van der Waals surface area contributed by atoms with Gasteiger partial charge < -0.3 is 0 Å². The molecule has 136 valence electrons. The molecule has 2 aliphatic heterocycles. The molecule has 0 fully saturated rings. The van der Waals surface area contributed by atoms with Crippen LogP contribution in [-0.4, -0.2) is 46.7 Å². The van der Waals surface area contributed by atoms with Crippen LogP contribution in [0.4, 0.5) is 0 Å². The van der Waals surface area contributed by atoms with E-state index in [0.717, 1.165) is 5.06 Å². The van der Waals surface area contributed by atoms with Gasteiger partial charge in [0.15, 0.2) is 0 Å². The number of hydrogen-bond donors (Lipinski definition) is 0. The molecule has 2 aliphatic rings. The third-order valence-corrected chi connectivity index (χ3v) is 4.62. The van der Waals surface area contributed by atoms with Gasteiger partial charge in [0.1, 0.15) is 0 Å². The minimum atomic E-state index is -0.511. The highest BCUT2D eigenvalue weighted by Gasteiger charge is 2.38. The lowest BCUT2D eigenvalue weighted by Gasteiger charge is -2.21. The lowest BCUT2D eigenvalue weighted by Crippen LogP contribution is -2.37. The van der Waals surface area contributed by atoms with Crippen LogP contribution < -0.4 is 0 Å². The van der Waals surface area contributed by atoms with Crippen molar-refractivity contribution < 1.29 is 24.0 Å². The molecule has 4 rings (SSSR count). The Morgan fingerprint density at radius 2 is 1.15 bits per heavy atom. The van der Waals surface area contributed by atoms with Crippen LogP contribution >= 0.6 is 0 Å². The molecule has 4 amide bonds. The van der Waals surface area contributed by atoms with Crippen molar-refractivity contribution >= 4 is 23.6 Å². The van der Waals surface area contributed by atoms with Crippen LogP contribution in [0.1, 0.15) is 48.4 Å². The average Bonchev–Trinajstić information content (AvgIpc) is 3.07. The molecule has 2 aromatic rings. The van der Waals surface area contributed by atoms with E-state index in [1.165, 1.54) is 4.90 Å². The predicted octanol–water partition coefficient (Wildman–Crippen LogP) is 2.15. The molecule has 27 heavy (non-hydrogen) atoms. The monoisotopic (exact) mass is 364 g/mol. The van der Waals surface area contributed by atoms with Crippen molar-refractivity contribution in [3.8, 4) is 0 Å². The minimum absolute atomic E-state index is 0.0128. The fraction of sp³-hybridized carbons (Fsp3) is 0.200. The molecule has 7 nitrogen and oxygen atoms in total. The second-order valence-electron chi connectivity index (χ2n) is 6.62. The summed E-state index contributed by atoms with van der Waals surface area (Å²) in [7, 11) is 0. The number of carbonyl (C=O) groups is 4. The number of rotatable bonds is 5. The fourth-order valence-electron chi connectivity index (χ4n) is 3.26.